The van der Waals surface area contributed by atoms with Gasteiger partial charge in [-0.15, -0.1) is 0 Å². The second-order valence-corrected chi connectivity index (χ2v) is 4.61. The maximum Gasteiger partial charge on any atom is 0.333 e. The molecule has 18 heavy (non-hydrogen) atoms. The molecule has 0 saturated carbocycles. The van der Waals surface area contributed by atoms with E-state index in [1.165, 1.54) is 0 Å². The van der Waals surface area contributed by atoms with Crippen molar-refractivity contribution in [2.45, 2.75) is 27.2 Å². The van der Waals surface area contributed by atoms with Crippen LogP contribution < -0.4 is 5.73 Å². The number of benzene rings is 1. The largest absolute Gasteiger partial charge is 0.462 e. The maximum atomic E-state index is 11.7. The summed E-state index contributed by atoms with van der Waals surface area (Å²) >= 11 is 0. The van der Waals surface area contributed by atoms with Crippen LogP contribution >= 0.6 is 0 Å². The molecule has 1 rings (SSSR count). The van der Waals surface area contributed by atoms with Gasteiger partial charge in [0.25, 0.3) is 0 Å². The van der Waals surface area contributed by atoms with Crippen molar-refractivity contribution < 1.29 is 9.53 Å². The number of hydrogen-bond donors (Lipinski definition) is 1. The molecule has 0 spiro atoms. The summed E-state index contributed by atoms with van der Waals surface area (Å²) in [6, 6.07) is 7.37. The fourth-order valence-electron chi connectivity index (χ4n) is 1.35. The summed E-state index contributed by atoms with van der Waals surface area (Å²) < 4.78 is 5.22. The summed E-state index contributed by atoms with van der Waals surface area (Å²) in [5, 5.41) is 0. The Labute approximate surface area is 109 Å². The van der Waals surface area contributed by atoms with Crippen molar-refractivity contribution in [3.8, 4) is 0 Å². The number of nitrogens with two attached hydrogens (primary N) is 1. The van der Waals surface area contributed by atoms with Gasteiger partial charge in [0.15, 0.2) is 0 Å². The van der Waals surface area contributed by atoms with Crippen LogP contribution in [0.1, 0.15) is 32.8 Å². The molecular formula is C15H21NO2. The van der Waals surface area contributed by atoms with Crippen LogP contribution in [0.3, 0.4) is 0 Å². The Balaban J connectivity index is 2.60. The first-order chi connectivity index (χ1) is 8.52. The summed E-state index contributed by atoms with van der Waals surface area (Å²) in [7, 11) is 0. The second kappa shape index (κ2) is 6.84. The minimum absolute atomic E-state index is 0.257. The van der Waals surface area contributed by atoms with E-state index < -0.39 is 0 Å². The SMILES string of the molecule is CC[C@@H](C)COC(=O)C(C)=Cc1ccc(N)cc1. The van der Waals surface area contributed by atoms with Crippen molar-refractivity contribution in [2.24, 2.45) is 5.92 Å². The standard InChI is InChI=1S/C15H21NO2/c1-4-11(2)10-18-15(17)12(3)9-13-5-7-14(16)8-6-13/h5-9,11H,4,10,16H2,1-3H3/t11-/m1/s1. The van der Waals surface area contributed by atoms with Crippen LogP contribution in [0.5, 0.6) is 0 Å². The van der Waals surface area contributed by atoms with Crippen LogP contribution in [0, 0.1) is 5.92 Å². The first-order valence-corrected chi connectivity index (χ1v) is 6.24. The van der Waals surface area contributed by atoms with Crippen molar-refractivity contribution in [1.82, 2.24) is 0 Å². The van der Waals surface area contributed by atoms with Gasteiger partial charge in [-0.2, -0.15) is 0 Å². The molecule has 0 saturated heterocycles. The molecule has 3 heteroatoms. The van der Waals surface area contributed by atoms with Crippen LogP contribution in [-0.2, 0) is 9.53 Å². The molecule has 0 aliphatic rings. The molecule has 1 atom stereocenters. The first-order valence-electron chi connectivity index (χ1n) is 6.24. The fraction of sp³-hybridized carbons (Fsp3) is 0.400. The molecular weight excluding hydrogens is 226 g/mol. The number of nitrogen functional groups attached to an aromatic ring is 1. The number of hydrogen-bond acceptors (Lipinski definition) is 3. The van der Waals surface area contributed by atoms with Crippen molar-refractivity contribution >= 4 is 17.7 Å². The first kappa shape index (κ1) is 14.3. The molecule has 0 aliphatic heterocycles. The number of carbonyl (C=O) groups is 1. The zero-order valence-corrected chi connectivity index (χ0v) is 11.3. The van der Waals surface area contributed by atoms with Gasteiger partial charge in [-0.05, 0) is 36.6 Å². The summed E-state index contributed by atoms with van der Waals surface area (Å²) in [5.74, 6) is 0.144. The minimum Gasteiger partial charge on any atom is -0.462 e. The number of carbonyl (C=O) groups excluding carboxylic acids is 1. The van der Waals surface area contributed by atoms with Crippen LogP contribution in [0.15, 0.2) is 29.8 Å². The van der Waals surface area contributed by atoms with E-state index in [1.54, 1.807) is 13.0 Å². The van der Waals surface area contributed by atoms with Gasteiger partial charge in [0.1, 0.15) is 0 Å². The van der Waals surface area contributed by atoms with Crippen LogP contribution in [-0.4, -0.2) is 12.6 Å². The average molecular weight is 247 g/mol. The van der Waals surface area contributed by atoms with Gasteiger partial charge in [-0.25, -0.2) is 4.79 Å². The molecule has 0 heterocycles. The summed E-state index contributed by atoms with van der Waals surface area (Å²) in [6.45, 7) is 6.37. The van der Waals surface area contributed by atoms with E-state index >= 15 is 0 Å². The van der Waals surface area contributed by atoms with Gasteiger partial charge in [-0.3, -0.25) is 0 Å². The lowest BCUT2D eigenvalue weighted by atomic mass is 10.1. The van der Waals surface area contributed by atoms with Gasteiger partial charge in [0, 0.05) is 11.3 Å². The molecule has 3 nitrogen and oxygen atoms in total. The molecule has 1 aromatic rings. The van der Waals surface area contributed by atoms with E-state index in [-0.39, 0.29) is 5.97 Å². The Morgan fingerprint density at radius 1 is 1.39 bits per heavy atom. The lowest BCUT2D eigenvalue weighted by molar-refractivity contribution is -0.140. The molecule has 0 amide bonds. The van der Waals surface area contributed by atoms with Crippen molar-refractivity contribution in [3.05, 3.63) is 35.4 Å². The van der Waals surface area contributed by atoms with Gasteiger partial charge < -0.3 is 10.5 Å². The van der Waals surface area contributed by atoms with E-state index in [0.29, 0.717) is 23.8 Å². The Morgan fingerprint density at radius 2 is 2.00 bits per heavy atom. The van der Waals surface area contributed by atoms with Crippen molar-refractivity contribution in [2.75, 3.05) is 12.3 Å². The highest BCUT2D eigenvalue weighted by molar-refractivity contribution is 5.93. The normalized spacial score (nSPS) is 13.2. The van der Waals surface area contributed by atoms with E-state index in [2.05, 4.69) is 13.8 Å². The highest BCUT2D eigenvalue weighted by Crippen LogP contribution is 2.11. The Morgan fingerprint density at radius 3 is 2.56 bits per heavy atom. The van der Waals surface area contributed by atoms with Crippen molar-refractivity contribution in [1.29, 1.82) is 0 Å². The molecule has 0 unspecified atom stereocenters. The molecule has 98 valence electrons. The lowest BCUT2D eigenvalue weighted by Crippen LogP contribution is -2.12. The summed E-state index contributed by atoms with van der Waals surface area (Å²) in [4.78, 5) is 11.7. The number of rotatable bonds is 5. The summed E-state index contributed by atoms with van der Waals surface area (Å²) in [5.41, 5.74) is 7.86. The van der Waals surface area contributed by atoms with Crippen LogP contribution in [0.4, 0.5) is 5.69 Å². The van der Waals surface area contributed by atoms with Gasteiger partial charge in [0.05, 0.1) is 6.61 Å². The van der Waals surface area contributed by atoms with Gasteiger partial charge >= 0.3 is 5.97 Å². The molecule has 0 fully saturated rings. The monoisotopic (exact) mass is 247 g/mol. The van der Waals surface area contributed by atoms with Crippen molar-refractivity contribution in [3.63, 3.8) is 0 Å². The van der Waals surface area contributed by atoms with Crippen LogP contribution in [0.2, 0.25) is 0 Å². The lowest BCUT2D eigenvalue weighted by Gasteiger charge is -2.09. The Bertz CT molecular complexity index is 421. The molecule has 0 aromatic heterocycles. The van der Waals surface area contributed by atoms with E-state index in [0.717, 1.165) is 12.0 Å². The van der Waals surface area contributed by atoms with E-state index in [4.69, 9.17) is 10.5 Å². The molecule has 0 aliphatic carbocycles. The second-order valence-electron chi connectivity index (χ2n) is 4.61. The zero-order valence-electron chi connectivity index (χ0n) is 11.3. The molecule has 2 N–H and O–H groups in total. The Kier molecular flexibility index (Phi) is 5.43. The molecule has 0 radical (unpaired) electrons. The maximum absolute atomic E-state index is 11.7. The third-order valence-corrected chi connectivity index (χ3v) is 2.84. The van der Waals surface area contributed by atoms with E-state index in [9.17, 15) is 4.79 Å². The molecule has 0 bridgehead atoms. The smallest absolute Gasteiger partial charge is 0.333 e. The highest BCUT2D eigenvalue weighted by Gasteiger charge is 2.08. The quantitative estimate of drug-likeness (QED) is 0.493. The minimum atomic E-state index is -0.257. The van der Waals surface area contributed by atoms with Gasteiger partial charge in [-0.1, -0.05) is 32.4 Å². The zero-order chi connectivity index (χ0) is 13.5. The van der Waals surface area contributed by atoms with E-state index in [1.807, 2.05) is 24.3 Å². The van der Waals surface area contributed by atoms with Gasteiger partial charge in [0.2, 0.25) is 0 Å². The third-order valence-electron chi connectivity index (χ3n) is 2.84. The highest BCUT2D eigenvalue weighted by atomic mass is 16.5. The predicted molar refractivity (Wildman–Crippen MR) is 74.9 cm³/mol. The number of esters is 1. The topological polar surface area (TPSA) is 52.3 Å². The summed E-state index contributed by atoms with van der Waals surface area (Å²) in [6.07, 6.45) is 2.81. The predicted octanol–water partition coefficient (Wildman–Crippen LogP) is 3.26. The average Bonchev–Trinajstić information content (AvgIpc) is 2.38. The number of anilines is 1. The third kappa shape index (κ3) is 4.62. The fourth-order valence-corrected chi connectivity index (χ4v) is 1.35. The Hall–Kier alpha value is -1.77. The number of ether oxygens (including phenoxy) is 1. The van der Waals surface area contributed by atoms with Crippen LogP contribution in [0.25, 0.3) is 6.08 Å². The molecule has 1 aromatic carbocycles.